The molecule has 0 aromatic heterocycles. The third-order valence-corrected chi connectivity index (χ3v) is 4.48. The lowest BCUT2D eigenvalue weighted by molar-refractivity contribution is -0.137. The highest BCUT2D eigenvalue weighted by Crippen LogP contribution is 2.27. The van der Waals surface area contributed by atoms with Gasteiger partial charge in [-0.05, 0) is 43.5 Å². The van der Waals surface area contributed by atoms with Crippen LogP contribution in [-0.4, -0.2) is 29.9 Å². The lowest BCUT2D eigenvalue weighted by atomic mass is 9.90. The van der Waals surface area contributed by atoms with Crippen LogP contribution in [0.4, 0.5) is 0 Å². The molecule has 1 amide bonds. The van der Waals surface area contributed by atoms with Gasteiger partial charge in [0.05, 0.1) is 5.54 Å². The van der Waals surface area contributed by atoms with Gasteiger partial charge in [0.25, 0.3) is 0 Å². The van der Waals surface area contributed by atoms with Crippen molar-refractivity contribution in [3.8, 4) is 0 Å². The van der Waals surface area contributed by atoms with Crippen LogP contribution in [0.15, 0.2) is 28.7 Å². The first kappa shape index (κ1) is 15.5. The number of hydrogen-bond donors (Lipinski definition) is 1. The van der Waals surface area contributed by atoms with Gasteiger partial charge in [-0.1, -0.05) is 41.4 Å². The number of likely N-dealkylation sites (N-methyl/N-ethyl adjacent to an activating group) is 1. The normalized spacial score (nSPS) is 21.9. The monoisotopic (exact) mass is 338 g/mol. The van der Waals surface area contributed by atoms with Crippen molar-refractivity contribution in [1.82, 2.24) is 10.2 Å². The molecule has 3 nitrogen and oxygen atoms in total. The Morgan fingerprint density at radius 3 is 2.90 bits per heavy atom. The molecule has 1 saturated heterocycles. The first-order valence-electron chi connectivity index (χ1n) is 7.32. The highest BCUT2D eigenvalue weighted by Gasteiger charge is 2.41. The van der Waals surface area contributed by atoms with Crippen LogP contribution in [0.2, 0.25) is 0 Å². The molecular formula is C16H23BrN2O. The smallest absolute Gasteiger partial charge is 0.242 e. The molecule has 1 aromatic carbocycles. The lowest BCUT2D eigenvalue weighted by Crippen LogP contribution is -2.53. The van der Waals surface area contributed by atoms with E-state index in [0.29, 0.717) is 6.54 Å². The van der Waals surface area contributed by atoms with E-state index < -0.39 is 0 Å². The summed E-state index contributed by atoms with van der Waals surface area (Å²) in [7, 11) is 1.90. The number of halogens is 1. The number of amides is 1. The molecule has 1 aromatic rings. The van der Waals surface area contributed by atoms with E-state index in [4.69, 9.17) is 0 Å². The maximum Gasteiger partial charge on any atom is 0.242 e. The molecule has 1 heterocycles. The van der Waals surface area contributed by atoms with Crippen LogP contribution >= 0.6 is 15.9 Å². The molecule has 1 atom stereocenters. The average Bonchev–Trinajstić information content (AvgIpc) is 2.88. The van der Waals surface area contributed by atoms with E-state index in [2.05, 4.69) is 40.3 Å². The summed E-state index contributed by atoms with van der Waals surface area (Å²) in [5, 5.41) is 3.45. The van der Waals surface area contributed by atoms with Crippen LogP contribution in [0.1, 0.15) is 38.2 Å². The second-order valence-corrected chi connectivity index (χ2v) is 6.57. The van der Waals surface area contributed by atoms with E-state index >= 15 is 0 Å². The zero-order valence-electron chi connectivity index (χ0n) is 12.3. The molecule has 1 N–H and O–H groups in total. The van der Waals surface area contributed by atoms with Crippen molar-refractivity contribution in [2.45, 2.75) is 44.7 Å². The Morgan fingerprint density at radius 2 is 2.30 bits per heavy atom. The van der Waals surface area contributed by atoms with Crippen LogP contribution < -0.4 is 5.32 Å². The highest BCUT2D eigenvalue weighted by atomic mass is 79.9. The van der Waals surface area contributed by atoms with Gasteiger partial charge in [-0.15, -0.1) is 0 Å². The molecule has 0 saturated carbocycles. The number of rotatable bonds is 5. The number of nitrogens with zero attached hydrogens (tertiary/aromatic N) is 1. The Hall–Kier alpha value is -0.870. The summed E-state index contributed by atoms with van der Waals surface area (Å²) in [4.78, 5) is 14.7. The van der Waals surface area contributed by atoms with E-state index in [1.165, 1.54) is 0 Å². The molecule has 1 aliphatic heterocycles. The Labute approximate surface area is 129 Å². The maximum absolute atomic E-state index is 12.8. The summed E-state index contributed by atoms with van der Waals surface area (Å²) < 4.78 is 1.05. The van der Waals surface area contributed by atoms with Crippen molar-refractivity contribution in [2.75, 3.05) is 13.6 Å². The van der Waals surface area contributed by atoms with E-state index in [0.717, 1.165) is 42.3 Å². The van der Waals surface area contributed by atoms with Crippen molar-refractivity contribution in [2.24, 2.45) is 0 Å². The number of carbonyl (C=O) groups is 1. The Kier molecular flexibility index (Phi) is 5.22. The Bertz CT molecular complexity index is 469. The van der Waals surface area contributed by atoms with E-state index in [1.54, 1.807) is 0 Å². The van der Waals surface area contributed by atoms with Crippen LogP contribution in [-0.2, 0) is 11.3 Å². The molecular weight excluding hydrogens is 316 g/mol. The largest absolute Gasteiger partial charge is 0.340 e. The average molecular weight is 339 g/mol. The highest BCUT2D eigenvalue weighted by molar-refractivity contribution is 9.10. The maximum atomic E-state index is 12.8. The molecule has 20 heavy (non-hydrogen) atoms. The van der Waals surface area contributed by atoms with Gasteiger partial charge in [-0.25, -0.2) is 0 Å². The predicted octanol–water partition coefficient (Wildman–Crippen LogP) is 3.33. The molecule has 0 spiro atoms. The summed E-state index contributed by atoms with van der Waals surface area (Å²) in [6, 6.07) is 8.14. The van der Waals surface area contributed by atoms with Crippen molar-refractivity contribution >= 4 is 21.8 Å². The molecule has 0 bridgehead atoms. The summed E-state index contributed by atoms with van der Waals surface area (Å²) in [6.45, 7) is 3.76. The summed E-state index contributed by atoms with van der Waals surface area (Å²) in [6.07, 6.45) is 4.01. The van der Waals surface area contributed by atoms with Gasteiger partial charge in [0.2, 0.25) is 5.91 Å². The summed E-state index contributed by atoms with van der Waals surface area (Å²) >= 11 is 3.48. The van der Waals surface area contributed by atoms with Crippen LogP contribution in [0.3, 0.4) is 0 Å². The van der Waals surface area contributed by atoms with Gasteiger partial charge in [-0.3, -0.25) is 4.79 Å². The fourth-order valence-electron chi connectivity index (χ4n) is 3.08. The predicted molar refractivity (Wildman–Crippen MR) is 85.5 cm³/mol. The molecule has 0 radical (unpaired) electrons. The topological polar surface area (TPSA) is 32.3 Å². The third kappa shape index (κ3) is 3.41. The minimum atomic E-state index is -0.324. The molecule has 110 valence electrons. The molecule has 2 rings (SSSR count). The van der Waals surface area contributed by atoms with Gasteiger partial charge in [0.15, 0.2) is 0 Å². The number of hydrogen-bond acceptors (Lipinski definition) is 2. The van der Waals surface area contributed by atoms with Crippen LogP contribution in [0.25, 0.3) is 0 Å². The first-order valence-corrected chi connectivity index (χ1v) is 8.12. The first-order chi connectivity index (χ1) is 9.57. The molecule has 1 aliphatic rings. The Balaban J connectivity index is 2.07. The van der Waals surface area contributed by atoms with Crippen molar-refractivity contribution in [1.29, 1.82) is 0 Å². The molecule has 1 fully saturated rings. The number of carbonyl (C=O) groups excluding carboxylic acids is 1. The van der Waals surface area contributed by atoms with E-state index in [9.17, 15) is 4.79 Å². The van der Waals surface area contributed by atoms with Crippen LogP contribution in [0, 0.1) is 0 Å². The van der Waals surface area contributed by atoms with Gasteiger partial charge in [0.1, 0.15) is 0 Å². The van der Waals surface area contributed by atoms with E-state index in [-0.39, 0.29) is 11.4 Å². The van der Waals surface area contributed by atoms with Crippen molar-refractivity contribution in [3.05, 3.63) is 34.3 Å². The number of nitrogens with one attached hydrogen (secondary N) is 1. The standard InChI is InChI=1S/C16H23BrN2O/c1-3-8-16(9-5-10-18-16)15(20)19(2)12-13-6-4-7-14(17)11-13/h4,6-7,11,18H,3,5,8-10,12H2,1-2H3. The quantitative estimate of drug-likeness (QED) is 0.892. The zero-order chi connectivity index (χ0) is 14.6. The third-order valence-electron chi connectivity index (χ3n) is 3.99. The summed E-state index contributed by atoms with van der Waals surface area (Å²) in [5.74, 6) is 0.233. The molecule has 0 aliphatic carbocycles. The van der Waals surface area contributed by atoms with Gasteiger partial charge in [0, 0.05) is 18.1 Å². The van der Waals surface area contributed by atoms with E-state index in [1.807, 2.05) is 24.1 Å². The second kappa shape index (κ2) is 6.72. The minimum absolute atomic E-state index is 0.233. The number of benzene rings is 1. The SMILES string of the molecule is CCCC1(C(=O)N(C)Cc2cccc(Br)c2)CCCN1. The fraction of sp³-hybridized carbons (Fsp3) is 0.562. The molecule has 4 heteroatoms. The fourth-order valence-corrected chi connectivity index (χ4v) is 3.53. The van der Waals surface area contributed by atoms with Gasteiger partial charge in [-0.2, -0.15) is 0 Å². The molecule has 1 unspecified atom stereocenters. The van der Waals surface area contributed by atoms with Crippen molar-refractivity contribution in [3.63, 3.8) is 0 Å². The Morgan fingerprint density at radius 1 is 1.50 bits per heavy atom. The zero-order valence-corrected chi connectivity index (χ0v) is 13.9. The second-order valence-electron chi connectivity index (χ2n) is 5.65. The minimum Gasteiger partial charge on any atom is -0.340 e. The van der Waals surface area contributed by atoms with Gasteiger partial charge < -0.3 is 10.2 Å². The van der Waals surface area contributed by atoms with Crippen molar-refractivity contribution < 1.29 is 4.79 Å². The lowest BCUT2D eigenvalue weighted by Gasteiger charge is -2.32. The van der Waals surface area contributed by atoms with Gasteiger partial charge >= 0.3 is 0 Å². The summed E-state index contributed by atoms with van der Waals surface area (Å²) in [5.41, 5.74) is 0.829. The van der Waals surface area contributed by atoms with Crippen LogP contribution in [0.5, 0.6) is 0 Å².